The first-order valence-electron chi connectivity index (χ1n) is 11.1. The Hall–Kier alpha value is -2.63. The molecule has 3 aliphatic rings. The number of nitrogens with one attached hydrogen (secondary N) is 1. The van der Waals surface area contributed by atoms with E-state index < -0.39 is 0 Å². The highest BCUT2D eigenvalue weighted by molar-refractivity contribution is 5.76. The zero-order valence-electron chi connectivity index (χ0n) is 17.5. The lowest BCUT2D eigenvalue weighted by molar-refractivity contribution is -0.121. The Morgan fingerprint density at radius 1 is 1.20 bits per heavy atom. The third-order valence-corrected chi connectivity index (χ3v) is 7.24. The molecule has 1 aromatic carbocycles. The van der Waals surface area contributed by atoms with Gasteiger partial charge in [0.2, 0.25) is 17.7 Å². The van der Waals surface area contributed by atoms with Crippen LogP contribution in [0.15, 0.2) is 40.8 Å². The Morgan fingerprint density at radius 3 is 2.80 bits per heavy atom. The zero-order chi connectivity index (χ0) is 20.6. The van der Waals surface area contributed by atoms with Crippen LogP contribution in [0, 0.1) is 23.2 Å². The zero-order valence-corrected chi connectivity index (χ0v) is 17.5. The molecular weight excluding hydrogens is 378 g/mol. The minimum absolute atomic E-state index is 0.0720. The van der Waals surface area contributed by atoms with Crippen LogP contribution in [0.5, 0.6) is 5.75 Å². The van der Waals surface area contributed by atoms with Crippen LogP contribution in [0.2, 0.25) is 0 Å². The minimum atomic E-state index is 0.0720. The Morgan fingerprint density at radius 2 is 2.03 bits per heavy atom. The number of allylic oxidation sites excluding steroid dienone is 2. The fraction of sp³-hybridized carbons (Fsp3) is 0.542. The molecule has 3 atom stereocenters. The van der Waals surface area contributed by atoms with E-state index >= 15 is 0 Å². The number of nitrogens with zero attached hydrogens (tertiary/aromatic N) is 2. The van der Waals surface area contributed by atoms with Crippen LogP contribution in [-0.4, -0.2) is 29.8 Å². The highest BCUT2D eigenvalue weighted by atomic mass is 16.5. The second-order valence-electron chi connectivity index (χ2n) is 8.99. The quantitative estimate of drug-likeness (QED) is 0.644. The fourth-order valence-electron chi connectivity index (χ4n) is 5.48. The van der Waals surface area contributed by atoms with Crippen molar-refractivity contribution in [3.63, 3.8) is 0 Å². The molecular formula is C24H29N3O3. The summed E-state index contributed by atoms with van der Waals surface area (Å²) in [5, 5.41) is 11.4. The van der Waals surface area contributed by atoms with Gasteiger partial charge in [-0.2, -0.15) is 0 Å². The number of hydrogen-bond acceptors (Lipinski definition) is 5. The maximum Gasteiger partial charge on any atom is 0.220 e. The van der Waals surface area contributed by atoms with Gasteiger partial charge in [0.05, 0.1) is 7.11 Å². The van der Waals surface area contributed by atoms with Crippen molar-refractivity contribution in [1.29, 1.82) is 0 Å². The van der Waals surface area contributed by atoms with E-state index in [1.165, 1.54) is 19.3 Å². The van der Waals surface area contributed by atoms with Gasteiger partial charge in [0.15, 0.2) is 0 Å². The average molecular weight is 408 g/mol. The summed E-state index contributed by atoms with van der Waals surface area (Å²) in [4.78, 5) is 12.3. The van der Waals surface area contributed by atoms with E-state index in [0.717, 1.165) is 30.2 Å². The Labute approximate surface area is 177 Å². The molecule has 0 radical (unpaired) electrons. The van der Waals surface area contributed by atoms with Gasteiger partial charge in [-0.25, -0.2) is 0 Å². The number of carbonyl (C=O) groups excluding carboxylic acids is 1. The van der Waals surface area contributed by atoms with Gasteiger partial charge in [0.1, 0.15) is 5.75 Å². The third-order valence-electron chi connectivity index (χ3n) is 7.24. The van der Waals surface area contributed by atoms with Crippen molar-refractivity contribution in [3.05, 3.63) is 53.8 Å². The van der Waals surface area contributed by atoms with E-state index in [2.05, 4.69) is 33.7 Å². The van der Waals surface area contributed by atoms with Crippen molar-refractivity contribution in [2.75, 3.05) is 13.7 Å². The second-order valence-corrected chi connectivity index (χ2v) is 8.99. The number of methoxy groups -OCH3 is 1. The summed E-state index contributed by atoms with van der Waals surface area (Å²) >= 11 is 0. The van der Waals surface area contributed by atoms with E-state index in [1.54, 1.807) is 7.11 Å². The van der Waals surface area contributed by atoms with Crippen molar-refractivity contribution in [2.45, 2.75) is 44.9 Å². The molecule has 2 fully saturated rings. The van der Waals surface area contributed by atoms with Crippen molar-refractivity contribution in [1.82, 2.24) is 15.5 Å². The van der Waals surface area contributed by atoms with E-state index in [0.29, 0.717) is 48.3 Å². The molecule has 1 aromatic heterocycles. The lowest BCUT2D eigenvalue weighted by Crippen LogP contribution is -2.31. The summed E-state index contributed by atoms with van der Waals surface area (Å²) in [6, 6.07) is 7.97. The van der Waals surface area contributed by atoms with Gasteiger partial charge in [-0.05, 0) is 66.5 Å². The predicted molar refractivity (Wildman–Crippen MR) is 112 cm³/mol. The monoisotopic (exact) mass is 407 g/mol. The van der Waals surface area contributed by atoms with Crippen molar-refractivity contribution in [3.8, 4) is 5.75 Å². The highest BCUT2D eigenvalue weighted by Gasteiger charge is 2.62. The standard InChI is InChI=1S/C24H29N3O3/c1-29-19-4-2-3-16(13-19)5-9-22-26-27-23(30-22)10-8-21(28)25-15-17-14-18-6-7-20(17)24(18)11-12-24/h2-4,6-7,13,17-18,20H,5,8-12,14-15H2,1H3,(H,25,28)/t17-,18-,20-/m0/s1. The van der Waals surface area contributed by atoms with Crippen LogP contribution in [0.25, 0.3) is 0 Å². The summed E-state index contributed by atoms with van der Waals surface area (Å²) < 4.78 is 11.0. The van der Waals surface area contributed by atoms with Crippen molar-refractivity contribution >= 4 is 5.91 Å². The molecule has 0 unspecified atom stereocenters. The SMILES string of the molecule is COc1cccc(CCc2nnc(CCC(=O)NC[C@@H]3C[C@@H]4C=C[C@@H]3C43CC3)o2)c1. The van der Waals surface area contributed by atoms with E-state index in [4.69, 9.17) is 9.15 Å². The molecule has 1 N–H and O–H groups in total. The second kappa shape index (κ2) is 7.89. The van der Waals surface area contributed by atoms with Crippen LogP contribution in [0.4, 0.5) is 0 Å². The molecule has 6 heteroatoms. The van der Waals surface area contributed by atoms with Gasteiger partial charge in [0, 0.05) is 25.8 Å². The molecule has 1 heterocycles. The fourth-order valence-corrected chi connectivity index (χ4v) is 5.48. The van der Waals surface area contributed by atoms with Crippen LogP contribution in [0.1, 0.15) is 43.0 Å². The molecule has 158 valence electrons. The summed E-state index contributed by atoms with van der Waals surface area (Å²) in [6.45, 7) is 0.793. The molecule has 6 nitrogen and oxygen atoms in total. The number of hydrogen-bond donors (Lipinski definition) is 1. The summed E-state index contributed by atoms with van der Waals surface area (Å²) in [5.74, 6) is 4.12. The Kier molecular flexibility index (Phi) is 5.09. The van der Waals surface area contributed by atoms with Crippen molar-refractivity contribution in [2.24, 2.45) is 23.2 Å². The highest BCUT2D eigenvalue weighted by Crippen LogP contribution is 2.69. The van der Waals surface area contributed by atoms with E-state index in [-0.39, 0.29) is 5.91 Å². The van der Waals surface area contributed by atoms with Gasteiger partial charge < -0.3 is 14.5 Å². The first-order chi connectivity index (χ1) is 14.7. The number of rotatable bonds is 9. The normalized spacial score (nSPS) is 25.0. The van der Waals surface area contributed by atoms with Crippen LogP contribution < -0.4 is 10.1 Å². The Bertz CT molecular complexity index is 947. The molecule has 2 saturated carbocycles. The maximum atomic E-state index is 12.3. The third kappa shape index (κ3) is 3.75. The lowest BCUT2D eigenvalue weighted by atomic mass is 9.89. The topological polar surface area (TPSA) is 77.2 Å². The molecule has 3 aliphatic carbocycles. The number of aryl methyl sites for hydroxylation is 3. The average Bonchev–Trinajstić information content (AvgIpc) is 3.21. The Balaban J connectivity index is 1.04. The molecule has 2 aromatic rings. The van der Waals surface area contributed by atoms with Gasteiger partial charge in [-0.15, -0.1) is 10.2 Å². The molecule has 30 heavy (non-hydrogen) atoms. The van der Waals surface area contributed by atoms with Gasteiger partial charge in [-0.1, -0.05) is 24.3 Å². The predicted octanol–water partition coefficient (Wildman–Crippen LogP) is 3.51. The molecule has 1 amide bonds. The van der Waals surface area contributed by atoms with Crippen LogP contribution in [0.3, 0.4) is 0 Å². The van der Waals surface area contributed by atoms with Crippen LogP contribution >= 0.6 is 0 Å². The van der Waals surface area contributed by atoms with Gasteiger partial charge in [-0.3, -0.25) is 4.79 Å². The largest absolute Gasteiger partial charge is 0.497 e. The minimum Gasteiger partial charge on any atom is -0.497 e. The van der Waals surface area contributed by atoms with Gasteiger partial charge >= 0.3 is 0 Å². The van der Waals surface area contributed by atoms with Gasteiger partial charge in [0.25, 0.3) is 0 Å². The van der Waals surface area contributed by atoms with Crippen LogP contribution in [-0.2, 0) is 24.1 Å². The molecule has 2 bridgehead atoms. The molecule has 0 saturated heterocycles. The number of ether oxygens (including phenoxy) is 1. The first kappa shape index (κ1) is 19.3. The molecule has 5 rings (SSSR count). The smallest absolute Gasteiger partial charge is 0.220 e. The summed E-state index contributed by atoms with van der Waals surface area (Å²) in [7, 11) is 1.66. The lowest BCUT2D eigenvalue weighted by Gasteiger charge is -2.20. The first-order valence-corrected chi connectivity index (χ1v) is 11.1. The summed E-state index contributed by atoms with van der Waals surface area (Å²) in [5.41, 5.74) is 1.75. The molecule has 0 aliphatic heterocycles. The van der Waals surface area contributed by atoms with Crippen molar-refractivity contribution < 1.29 is 13.9 Å². The number of benzene rings is 1. The number of aromatic nitrogens is 2. The maximum absolute atomic E-state index is 12.3. The number of carbonyl (C=O) groups is 1. The number of amides is 1. The van der Waals surface area contributed by atoms with E-state index in [9.17, 15) is 4.79 Å². The molecule has 1 spiro atoms. The summed E-state index contributed by atoms with van der Waals surface area (Å²) in [6.07, 6.45) is 11.2. The van der Waals surface area contributed by atoms with E-state index in [1.807, 2.05) is 18.2 Å².